The van der Waals surface area contributed by atoms with Gasteiger partial charge in [0.05, 0.1) is 0 Å². The van der Waals surface area contributed by atoms with Gasteiger partial charge >= 0.3 is 0 Å². The summed E-state index contributed by atoms with van der Waals surface area (Å²) in [5, 5.41) is 9.67. The van der Waals surface area contributed by atoms with Crippen LogP contribution >= 0.6 is 0 Å². The Kier molecular flexibility index (Phi) is 7.64. The lowest BCUT2D eigenvalue weighted by atomic mass is 9.80. The largest absolute Gasteiger partial charge is 0.455 e. The molecule has 0 aliphatic carbocycles. The average Bonchev–Trinajstić information content (AvgIpc) is 3.66. The van der Waals surface area contributed by atoms with Crippen LogP contribution in [0.15, 0.2) is 217 Å². The Labute approximate surface area is 325 Å². The van der Waals surface area contributed by atoms with Gasteiger partial charge < -0.3 is 4.42 Å². The smallest absolute Gasteiger partial charge is 0.143 e. The van der Waals surface area contributed by atoms with Crippen LogP contribution < -0.4 is 0 Å². The van der Waals surface area contributed by atoms with Crippen molar-refractivity contribution in [3.05, 3.63) is 229 Å². The second kappa shape index (κ2) is 13.3. The zero-order valence-electron chi connectivity index (χ0n) is 30.7. The van der Waals surface area contributed by atoms with Crippen LogP contribution in [0.5, 0.6) is 0 Å². The Morgan fingerprint density at radius 3 is 1.64 bits per heavy atom. The average molecular weight is 713 g/mol. The van der Waals surface area contributed by atoms with Gasteiger partial charge in [0.15, 0.2) is 0 Å². The van der Waals surface area contributed by atoms with Crippen LogP contribution in [0.4, 0.5) is 0 Å². The van der Waals surface area contributed by atoms with Crippen molar-refractivity contribution in [2.24, 2.45) is 0 Å². The van der Waals surface area contributed by atoms with E-state index in [9.17, 15) is 0 Å². The summed E-state index contributed by atoms with van der Waals surface area (Å²) in [7, 11) is 0. The number of para-hydroxylation sites is 1. The second-order valence-electron chi connectivity index (χ2n) is 14.8. The second-order valence-corrected chi connectivity index (χ2v) is 14.8. The molecule has 11 aromatic rings. The monoisotopic (exact) mass is 712 g/mol. The Hall–Kier alpha value is -7.22. The van der Waals surface area contributed by atoms with E-state index in [0.717, 1.165) is 38.5 Å². The van der Waals surface area contributed by atoms with Crippen LogP contribution in [-0.4, -0.2) is 0 Å². The number of fused-ring (bicyclic) bond motifs is 8. The maximum absolute atomic E-state index is 6.80. The van der Waals surface area contributed by atoms with Gasteiger partial charge in [0.25, 0.3) is 0 Å². The van der Waals surface area contributed by atoms with E-state index >= 15 is 0 Å². The molecular formula is C55H36O. The minimum Gasteiger partial charge on any atom is -0.455 e. The lowest BCUT2D eigenvalue weighted by Crippen LogP contribution is -2.05. The van der Waals surface area contributed by atoms with Crippen molar-refractivity contribution in [1.82, 2.24) is 0 Å². The molecule has 0 saturated heterocycles. The molecule has 56 heavy (non-hydrogen) atoms. The van der Waals surface area contributed by atoms with Gasteiger partial charge in [0.2, 0.25) is 0 Å². The molecule has 262 valence electrons. The van der Waals surface area contributed by atoms with Gasteiger partial charge in [-0.1, -0.05) is 200 Å². The van der Waals surface area contributed by atoms with Crippen LogP contribution in [0.25, 0.3) is 87.6 Å². The Morgan fingerprint density at radius 1 is 0.286 bits per heavy atom. The molecule has 0 bridgehead atoms. The first-order chi connectivity index (χ1) is 27.8. The lowest BCUT2D eigenvalue weighted by molar-refractivity contribution is 0.674. The molecule has 1 atom stereocenters. The predicted molar refractivity (Wildman–Crippen MR) is 236 cm³/mol. The van der Waals surface area contributed by atoms with Crippen LogP contribution in [0.1, 0.15) is 22.6 Å². The summed E-state index contributed by atoms with van der Waals surface area (Å²) in [6.45, 7) is 0. The van der Waals surface area contributed by atoms with E-state index in [1.54, 1.807) is 0 Å². The fourth-order valence-electron chi connectivity index (χ4n) is 8.96. The molecule has 0 radical (unpaired) electrons. The summed E-state index contributed by atoms with van der Waals surface area (Å²) in [4.78, 5) is 0. The third-order valence-corrected chi connectivity index (χ3v) is 11.6. The van der Waals surface area contributed by atoms with Crippen molar-refractivity contribution < 1.29 is 4.42 Å². The topological polar surface area (TPSA) is 13.1 Å². The molecule has 0 aliphatic heterocycles. The number of rotatable bonds is 6. The van der Waals surface area contributed by atoms with Crippen molar-refractivity contribution in [2.45, 2.75) is 5.92 Å². The molecule has 1 unspecified atom stereocenters. The third-order valence-electron chi connectivity index (χ3n) is 11.6. The fraction of sp³-hybridized carbons (Fsp3) is 0.0182. The molecule has 0 saturated carbocycles. The molecule has 10 aromatic carbocycles. The van der Waals surface area contributed by atoms with Crippen LogP contribution in [-0.2, 0) is 0 Å². The van der Waals surface area contributed by atoms with E-state index in [1.807, 2.05) is 0 Å². The fourth-order valence-corrected chi connectivity index (χ4v) is 8.96. The SMILES string of the molecule is c1ccc(-c2cccc(C(c3ccc(-c4cc5c6cccc(-c7ccccc7)c6oc5c5ccccc45)cc3)c3cc4ccccc4c4ccccc34)c2)cc1. The molecule has 0 aliphatic rings. The van der Waals surface area contributed by atoms with E-state index in [0.29, 0.717) is 0 Å². The minimum absolute atomic E-state index is 0.00988. The summed E-state index contributed by atoms with van der Waals surface area (Å²) in [6, 6.07) is 77.3. The van der Waals surface area contributed by atoms with Crippen molar-refractivity contribution in [3.8, 4) is 33.4 Å². The normalized spacial score (nSPS) is 12.2. The maximum atomic E-state index is 6.80. The zero-order chi connectivity index (χ0) is 37.0. The Morgan fingerprint density at radius 2 is 0.857 bits per heavy atom. The van der Waals surface area contributed by atoms with E-state index in [-0.39, 0.29) is 5.92 Å². The van der Waals surface area contributed by atoms with Gasteiger partial charge in [-0.05, 0) is 83.6 Å². The number of hydrogen-bond acceptors (Lipinski definition) is 1. The van der Waals surface area contributed by atoms with Crippen molar-refractivity contribution in [3.63, 3.8) is 0 Å². The first-order valence-electron chi connectivity index (χ1n) is 19.4. The van der Waals surface area contributed by atoms with E-state index in [2.05, 4.69) is 212 Å². The molecular weight excluding hydrogens is 677 g/mol. The first kappa shape index (κ1) is 32.2. The van der Waals surface area contributed by atoms with Crippen molar-refractivity contribution in [1.29, 1.82) is 0 Å². The van der Waals surface area contributed by atoms with Gasteiger partial charge in [-0.3, -0.25) is 0 Å². The lowest BCUT2D eigenvalue weighted by Gasteiger charge is -2.23. The molecule has 1 nitrogen and oxygen atoms in total. The van der Waals surface area contributed by atoms with Crippen molar-refractivity contribution in [2.75, 3.05) is 0 Å². The van der Waals surface area contributed by atoms with E-state index < -0.39 is 0 Å². The summed E-state index contributed by atoms with van der Waals surface area (Å²) in [6.07, 6.45) is 0. The summed E-state index contributed by atoms with van der Waals surface area (Å²) in [5.41, 5.74) is 12.8. The maximum Gasteiger partial charge on any atom is 0.143 e. The Bertz CT molecular complexity index is 3230. The van der Waals surface area contributed by atoms with Gasteiger partial charge in [-0.2, -0.15) is 0 Å². The highest BCUT2D eigenvalue weighted by molar-refractivity contribution is 6.20. The molecule has 0 spiro atoms. The molecule has 1 heterocycles. The van der Waals surface area contributed by atoms with E-state index in [1.165, 1.54) is 65.9 Å². The quantitative estimate of drug-likeness (QED) is 0.124. The summed E-state index contributed by atoms with van der Waals surface area (Å²) >= 11 is 0. The van der Waals surface area contributed by atoms with Gasteiger partial charge in [0.1, 0.15) is 11.2 Å². The van der Waals surface area contributed by atoms with Crippen LogP contribution in [0.2, 0.25) is 0 Å². The minimum atomic E-state index is 0.00988. The number of benzene rings is 10. The highest BCUT2D eigenvalue weighted by Gasteiger charge is 2.22. The molecule has 0 fully saturated rings. The standard InChI is InChI=1S/C55H36O/c1-3-15-36(16-4-1)40-20-13-21-42(33-40)53(51-34-41-19-7-8-22-43(41)45-23-9-10-24-46(45)51)39-31-29-38(30-32-39)50-35-52-49-28-14-27-44(37-17-5-2-6-18-37)54(49)56-55(52)48-26-12-11-25-47(48)50/h1-35,53H. The molecule has 0 N–H and O–H groups in total. The number of furan rings is 1. The van der Waals surface area contributed by atoms with Crippen LogP contribution in [0, 0.1) is 0 Å². The van der Waals surface area contributed by atoms with Gasteiger partial charge in [-0.25, -0.2) is 0 Å². The molecule has 0 amide bonds. The number of hydrogen-bond donors (Lipinski definition) is 0. The van der Waals surface area contributed by atoms with Crippen molar-refractivity contribution >= 4 is 54.3 Å². The van der Waals surface area contributed by atoms with Crippen LogP contribution in [0.3, 0.4) is 0 Å². The summed E-state index contributed by atoms with van der Waals surface area (Å²) in [5.74, 6) is 0.00988. The van der Waals surface area contributed by atoms with Gasteiger partial charge in [-0.15, -0.1) is 0 Å². The highest BCUT2D eigenvalue weighted by atomic mass is 16.3. The Balaban J connectivity index is 1.10. The first-order valence-corrected chi connectivity index (χ1v) is 19.4. The summed E-state index contributed by atoms with van der Waals surface area (Å²) < 4.78 is 6.80. The molecule has 1 heteroatoms. The highest BCUT2D eigenvalue weighted by Crippen LogP contribution is 2.44. The zero-order valence-corrected chi connectivity index (χ0v) is 30.7. The molecule has 1 aromatic heterocycles. The third kappa shape index (κ3) is 5.32. The predicted octanol–water partition coefficient (Wildman–Crippen LogP) is 15.2. The molecule has 11 rings (SSSR count). The van der Waals surface area contributed by atoms with E-state index in [4.69, 9.17) is 4.42 Å². The van der Waals surface area contributed by atoms with Gasteiger partial charge in [0, 0.05) is 27.6 Å².